The van der Waals surface area contributed by atoms with E-state index in [0.29, 0.717) is 10.9 Å². The van der Waals surface area contributed by atoms with Gasteiger partial charge in [-0.3, -0.25) is 4.90 Å². The molecule has 136 valence electrons. The molecule has 3 aliphatic rings. The van der Waals surface area contributed by atoms with Crippen LogP contribution in [-0.4, -0.2) is 36.6 Å². The molecule has 0 aromatic heterocycles. The zero-order valence-electron chi connectivity index (χ0n) is 14.6. The molecule has 0 spiro atoms. The SMILES string of the molecule is O=C(O[C@H]1CN2CCC1CC2)[C@H](Nc1ccc(Cl)cc1)c1ccccc1. The Balaban J connectivity index is 1.52. The van der Waals surface area contributed by atoms with E-state index in [0.717, 1.165) is 43.7 Å². The van der Waals surface area contributed by atoms with Crippen LogP contribution in [0.2, 0.25) is 5.02 Å². The van der Waals surface area contributed by atoms with Crippen LogP contribution in [0.25, 0.3) is 0 Å². The predicted molar refractivity (Wildman–Crippen MR) is 103 cm³/mol. The molecule has 0 saturated carbocycles. The fourth-order valence-electron chi connectivity index (χ4n) is 3.90. The molecule has 0 aliphatic carbocycles. The summed E-state index contributed by atoms with van der Waals surface area (Å²) in [5, 5.41) is 3.98. The average molecular weight is 371 g/mol. The van der Waals surface area contributed by atoms with E-state index in [1.165, 1.54) is 0 Å². The van der Waals surface area contributed by atoms with Crippen LogP contribution in [0.5, 0.6) is 0 Å². The molecular formula is C21H23ClN2O2. The average Bonchev–Trinajstić information content (AvgIpc) is 2.69. The summed E-state index contributed by atoms with van der Waals surface area (Å²) in [5.74, 6) is 0.279. The van der Waals surface area contributed by atoms with Gasteiger partial charge in [-0.25, -0.2) is 4.79 Å². The van der Waals surface area contributed by atoms with Crippen molar-refractivity contribution in [1.29, 1.82) is 0 Å². The number of piperidine rings is 3. The number of carbonyl (C=O) groups excluding carboxylic acids is 1. The van der Waals surface area contributed by atoms with Crippen molar-refractivity contribution < 1.29 is 9.53 Å². The van der Waals surface area contributed by atoms with E-state index in [-0.39, 0.29) is 12.1 Å². The fourth-order valence-corrected chi connectivity index (χ4v) is 4.02. The quantitative estimate of drug-likeness (QED) is 0.803. The lowest BCUT2D eigenvalue weighted by atomic mass is 9.86. The molecule has 2 aromatic carbocycles. The van der Waals surface area contributed by atoms with Crippen LogP contribution in [0.15, 0.2) is 54.6 Å². The molecule has 2 aromatic rings. The second-order valence-corrected chi connectivity index (χ2v) is 7.54. The van der Waals surface area contributed by atoms with Gasteiger partial charge in [0.2, 0.25) is 0 Å². The number of anilines is 1. The van der Waals surface area contributed by atoms with Crippen molar-refractivity contribution in [2.45, 2.75) is 25.0 Å². The molecule has 3 aliphatic heterocycles. The largest absolute Gasteiger partial charge is 0.459 e. The summed E-state index contributed by atoms with van der Waals surface area (Å²) in [6.45, 7) is 3.12. The number of ether oxygens (including phenoxy) is 1. The van der Waals surface area contributed by atoms with Crippen LogP contribution < -0.4 is 5.32 Å². The van der Waals surface area contributed by atoms with Gasteiger partial charge in [0.15, 0.2) is 6.04 Å². The minimum atomic E-state index is -0.534. The molecule has 2 atom stereocenters. The number of rotatable bonds is 5. The number of fused-ring (bicyclic) bond motifs is 3. The lowest BCUT2D eigenvalue weighted by molar-refractivity contribution is -0.159. The van der Waals surface area contributed by atoms with Crippen molar-refractivity contribution in [2.24, 2.45) is 5.92 Å². The Morgan fingerprint density at radius 1 is 1.08 bits per heavy atom. The molecule has 26 heavy (non-hydrogen) atoms. The van der Waals surface area contributed by atoms with E-state index < -0.39 is 6.04 Å². The van der Waals surface area contributed by atoms with Crippen molar-refractivity contribution in [3.05, 3.63) is 65.2 Å². The molecule has 4 nitrogen and oxygen atoms in total. The van der Waals surface area contributed by atoms with Crippen molar-refractivity contribution in [1.82, 2.24) is 4.90 Å². The molecule has 0 amide bonds. The second kappa shape index (κ2) is 7.68. The maximum absolute atomic E-state index is 13.0. The van der Waals surface area contributed by atoms with Gasteiger partial charge in [0.1, 0.15) is 6.10 Å². The third-order valence-electron chi connectivity index (χ3n) is 5.39. The van der Waals surface area contributed by atoms with E-state index in [1.54, 1.807) is 0 Å². The molecule has 5 heteroatoms. The van der Waals surface area contributed by atoms with Crippen LogP contribution in [-0.2, 0) is 9.53 Å². The fraction of sp³-hybridized carbons (Fsp3) is 0.381. The first kappa shape index (κ1) is 17.4. The number of esters is 1. The van der Waals surface area contributed by atoms with Gasteiger partial charge in [-0.05, 0) is 61.7 Å². The van der Waals surface area contributed by atoms with E-state index >= 15 is 0 Å². The number of nitrogens with zero attached hydrogens (tertiary/aromatic N) is 1. The third kappa shape index (κ3) is 3.87. The van der Waals surface area contributed by atoms with Gasteiger partial charge < -0.3 is 10.1 Å². The van der Waals surface area contributed by atoms with Crippen molar-refractivity contribution >= 4 is 23.3 Å². The molecule has 3 saturated heterocycles. The maximum atomic E-state index is 13.0. The summed E-state index contributed by atoms with van der Waals surface area (Å²) in [7, 11) is 0. The number of hydrogen-bond acceptors (Lipinski definition) is 4. The highest BCUT2D eigenvalue weighted by molar-refractivity contribution is 6.30. The Hall–Kier alpha value is -2.04. The highest BCUT2D eigenvalue weighted by atomic mass is 35.5. The van der Waals surface area contributed by atoms with Crippen LogP contribution in [0.3, 0.4) is 0 Å². The first-order chi connectivity index (χ1) is 12.7. The highest BCUT2D eigenvalue weighted by Gasteiger charge is 2.37. The molecule has 3 fully saturated rings. The maximum Gasteiger partial charge on any atom is 0.333 e. The lowest BCUT2D eigenvalue weighted by Gasteiger charge is -2.44. The van der Waals surface area contributed by atoms with Gasteiger partial charge in [0.25, 0.3) is 0 Å². The zero-order chi connectivity index (χ0) is 17.9. The van der Waals surface area contributed by atoms with Crippen molar-refractivity contribution in [2.75, 3.05) is 25.0 Å². The number of carbonyl (C=O) groups is 1. The Morgan fingerprint density at radius 2 is 1.77 bits per heavy atom. The zero-order valence-corrected chi connectivity index (χ0v) is 15.4. The second-order valence-electron chi connectivity index (χ2n) is 7.11. The third-order valence-corrected chi connectivity index (χ3v) is 5.64. The van der Waals surface area contributed by atoms with Crippen LogP contribution in [0, 0.1) is 5.92 Å². The summed E-state index contributed by atoms with van der Waals surface area (Å²) in [6.07, 6.45) is 2.25. The normalized spacial score (nSPS) is 25.5. The van der Waals surface area contributed by atoms with Gasteiger partial charge in [-0.15, -0.1) is 0 Å². The molecule has 0 radical (unpaired) electrons. The summed E-state index contributed by atoms with van der Waals surface area (Å²) in [5.41, 5.74) is 1.74. The Morgan fingerprint density at radius 3 is 2.38 bits per heavy atom. The van der Waals surface area contributed by atoms with Crippen LogP contribution >= 0.6 is 11.6 Å². The lowest BCUT2D eigenvalue weighted by Crippen LogP contribution is -2.52. The van der Waals surface area contributed by atoms with Gasteiger partial charge in [-0.2, -0.15) is 0 Å². The molecule has 1 N–H and O–H groups in total. The number of halogens is 1. The van der Waals surface area contributed by atoms with Crippen molar-refractivity contribution in [3.8, 4) is 0 Å². The van der Waals surface area contributed by atoms with Crippen LogP contribution in [0.1, 0.15) is 24.4 Å². The van der Waals surface area contributed by atoms with E-state index in [9.17, 15) is 4.79 Å². The Labute approximate surface area is 159 Å². The minimum absolute atomic E-state index is 0.00299. The molecular weight excluding hydrogens is 348 g/mol. The summed E-state index contributed by atoms with van der Waals surface area (Å²) in [6, 6.07) is 16.6. The molecule has 2 bridgehead atoms. The topological polar surface area (TPSA) is 41.6 Å². The summed E-state index contributed by atoms with van der Waals surface area (Å²) < 4.78 is 5.97. The summed E-state index contributed by atoms with van der Waals surface area (Å²) in [4.78, 5) is 15.4. The first-order valence-electron chi connectivity index (χ1n) is 9.19. The first-order valence-corrected chi connectivity index (χ1v) is 9.57. The van der Waals surface area contributed by atoms with Gasteiger partial charge in [-0.1, -0.05) is 41.9 Å². The minimum Gasteiger partial charge on any atom is -0.459 e. The van der Waals surface area contributed by atoms with E-state index in [4.69, 9.17) is 16.3 Å². The van der Waals surface area contributed by atoms with Gasteiger partial charge in [0.05, 0.1) is 0 Å². The van der Waals surface area contributed by atoms with E-state index in [1.807, 2.05) is 54.6 Å². The Kier molecular flexibility index (Phi) is 5.14. The van der Waals surface area contributed by atoms with Crippen molar-refractivity contribution in [3.63, 3.8) is 0 Å². The molecule has 5 rings (SSSR count). The number of hydrogen-bond donors (Lipinski definition) is 1. The highest BCUT2D eigenvalue weighted by Crippen LogP contribution is 2.31. The number of benzene rings is 2. The Bertz CT molecular complexity index is 742. The van der Waals surface area contributed by atoms with Gasteiger partial charge in [0, 0.05) is 17.3 Å². The van der Waals surface area contributed by atoms with E-state index in [2.05, 4.69) is 10.2 Å². The number of nitrogens with one attached hydrogen (secondary N) is 1. The monoisotopic (exact) mass is 370 g/mol. The predicted octanol–water partition coefficient (Wildman–Crippen LogP) is 4.13. The smallest absolute Gasteiger partial charge is 0.333 e. The van der Waals surface area contributed by atoms with Crippen LogP contribution in [0.4, 0.5) is 5.69 Å². The van der Waals surface area contributed by atoms with Gasteiger partial charge >= 0.3 is 5.97 Å². The summed E-state index contributed by atoms with van der Waals surface area (Å²) >= 11 is 5.97. The molecule has 0 unspecified atom stereocenters. The standard InChI is InChI=1S/C21H23ClN2O2/c22-17-6-8-18(9-7-17)23-20(16-4-2-1-3-5-16)21(25)26-19-14-24-12-10-15(19)11-13-24/h1-9,15,19-20,23H,10-14H2/t19-,20+/m0/s1. The molecule has 3 heterocycles.